The van der Waals surface area contributed by atoms with E-state index >= 15 is 0 Å². The number of aromatic amines is 1. The van der Waals surface area contributed by atoms with Crippen LogP contribution in [0.2, 0.25) is 0 Å². The molecule has 0 aliphatic carbocycles. The quantitative estimate of drug-likeness (QED) is 0.748. The summed E-state index contributed by atoms with van der Waals surface area (Å²) in [6.45, 7) is 10.1. The predicted molar refractivity (Wildman–Crippen MR) is 68.7 cm³/mol. The molecule has 0 radical (unpaired) electrons. The SMILES string of the molecule is CC(C)C(N)C(=O)Nc1cc(C(C)(C)C)[nH]n1. The van der Waals surface area contributed by atoms with Gasteiger partial charge in [0.25, 0.3) is 0 Å². The zero-order valence-electron chi connectivity index (χ0n) is 11.2. The maximum absolute atomic E-state index is 11.7. The molecule has 1 aromatic heterocycles. The molecule has 0 spiro atoms. The first-order valence-corrected chi connectivity index (χ1v) is 5.84. The van der Waals surface area contributed by atoms with Gasteiger partial charge in [-0.3, -0.25) is 9.89 Å². The molecule has 96 valence electrons. The monoisotopic (exact) mass is 238 g/mol. The molecule has 1 aromatic rings. The first-order valence-electron chi connectivity index (χ1n) is 5.84. The Hall–Kier alpha value is -1.36. The normalized spacial score (nSPS) is 13.8. The summed E-state index contributed by atoms with van der Waals surface area (Å²) in [6, 6.07) is 1.33. The van der Waals surface area contributed by atoms with Crippen LogP contribution < -0.4 is 11.1 Å². The second-order valence-electron chi connectivity index (χ2n) is 5.68. The number of anilines is 1. The van der Waals surface area contributed by atoms with Gasteiger partial charge >= 0.3 is 0 Å². The van der Waals surface area contributed by atoms with E-state index in [1.54, 1.807) is 0 Å². The maximum atomic E-state index is 11.7. The summed E-state index contributed by atoms with van der Waals surface area (Å²) >= 11 is 0. The van der Waals surface area contributed by atoms with Crippen LogP contribution >= 0.6 is 0 Å². The number of nitrogens with zero attached hydrogens (tertiary/aromatic N) is 1. The predicted octanol–water partition coefficient (Wildman–Crippen LogP) is 1.63. The first-order chi connectivity index (χ1) is 7.71. The molecular formula is C12H22N4O. The molecule has 1 atom stereocenters. The van der Waals surface area contributed by atoms with E-state index in [0.717, 1.165) is 5.69 Å². The third-order valence-electron chi connectivity index (χ3n) is 2.66. The van der Waals surface area contributed by atoms with Gasteiger partial charge in [-0.05, 0) is 5.92 Å². The summed E-state index contributed by atoms with van der Waals surface area (Å²) < 4.78 is 0. The van der Waals surface area contributed by atoms with Crippen LogP contribution in [0.5, 0.6) is 0 Å². The lowest BCUT2D eigenvalue weighted by Gasteiger charge is -2.15. The molecule has 0 saturated heterocycles. The summed E-state index contributed by atoms with van der Waals surface area (Å²) in [5.41, 5.74) is 6.71. The Kier molecular flexibility index (Phi) is 3.93. The third-order valence-corrected chi connectivity index (χ3v) is 2.66. The molecule has 1 heterocycles. The van der Waals surface area contributed by atoms with Crippen LogP contribution in [0.4, 0.5) is 5.82 Å². The van der Waals surface area contributed by atoms with Crippen molar-refractivity contribution < 1.29 is 4.79 Å². The number of hydrogen-bond acceptors (Lipinski definition) is 3. The van der Waals surface area contributed by atoms with Crippen LogP contribution in [0.3, 0.4) is 0 Å². The number of carbonyl (C=O) groups excluding carboxylic acids is 1. The largest absolute Gasteiger partial charge is 0.320 e. The number of H-pyrrole nitrogens is 1. The van der Waals surface area contributed by atoms with Gasteiger partial charge in [0.05, 0.1) is 6.04 Å². The fourth-order valence-corrected chi connectivity index (χ4v) is 1.28. The Morgan fingerprint density at radius 1 is 1.47 bits per heavy atom. The summed E-state index contributed by atoms with van der Waals surface area (Å²) in [5, 5.41) is 9.67. The lowest BCUT2D eigenvalue weighted by Crippen LogP contribution is -2.39. The Labute approximate surface area is 102 Å². The lowest BCUT2D eigenvalue weighted by molar-refractivity contribution is -0.118. The van der Waals surface area contributed by atoms with Gasteiger partial charge in [-0.25, -0.2) is 0 Å². The van der Waals surface area contributed by atoms with E-state index in [0.29, 0.717) is 5.82 Å². The minimum absolute atomic E-state index is 0.0177. The fourth-order valence-electron chi connectivity index (χ4n) is 1.28. The van der Waals surface area contributed by atoms with Crippen molar-refractivity contribution >= 4 is 11.7 Å². The number of hydrogen-bond donors (Lipinski definition) is 3. The molecular weight excluding hydrogens is 216 g/mol. The van der Waals surface area contributed by atoms with E-state index in [4.69, 9.17) is 5.73 Å². The van der Waals surface area contributed by atoms with Gasteiger partial charge in [0.2, 0.25) is 5.91 Å². The third kappa shape index (κ3) is 3.56. The molecule has 17 heavy (non-hydrogen) atoms. The highest BCUT2D eigenvalue weighted by atomic mass is 16.2. The van der Waals surface area contributed by atoms with Crippen LogP contribution in [0.1, 0.15) is 40.3 Å². The number of nitrogens with one attached hydrogen (secondary N) is 2. The maximum Gasteiger partial charge on any atom is 0.242 e. The van der Waals surface area contributed by atoms with Gasteiger partial charge < -0.3 is 11.1 Å². The number of aromatic nitrogens is 2. The highest BCUT2D eigenvalue weighted by molar-refractivity contribution is 5.94. The lowest BCUT2D eigenvalue weighted by atomic mass is 9.92. The van der Waals surface area contributed by atoms with Crippen molar-refractivity contribution in [2.75, 3.05) is 5.32 Å². The van der Waals surface area contributed by atoms with Gasteiger partial charge in [-0.2, -0.15) is 5.10 Å². The summed E-state index contributed by atoms with van der Waals surface area (Å²) in [6.07, 6.45) is 0. The molecule has 1 unspecified atom stereocenters. The Balaban J connectivity index is 2.71. The number of rotatable bonds is 3. The van der Waals surface area contributed by atoms with E-state index in [1.165, 1.54) is 0 Å². The zero-order chi connectivity index (χ0) is 13.2. The Bertz CT molecular complexity index is 389. The second-order valence-corrected chi connectivity index (χ2v) is 5.68. The van der Waals surface area contributed by atoms with E-state index < -0.39 is 6.04 Å². The molecule has 0 aliphatic rings. The second kappa shape index (κ2) is 4.87. The van der Waals surface area contributed by atoms with Crippen molar-refractivity contribution in [1.29, 1.82) is 0 Å². The van der Waals surface area contributed by atoms with Crippen LogP contribution in [-0.2, 0) is 10.2 Å². The molecule has 5 nitrogen and oxygen atoms in total. The van der Waals surface area contributed by atoms with Gasteiger partial charge in [0, 0.05) is 17.2 Å². The summed E-state index contributed by atoms with van der Waals surface area (Å²) in [4.78, 5) is 11.7. The molecule has 0 fully saturated rings. The first kappa shape index (κ1) is 13.7. The topological polar surface area (TPSA) is 83.8 Å². The minimum Gasteiger partial charge on any atom is -0.320 e. The zero-order valence-corrected chi connectivity index (χ0v) is 11.2. The van der Waals surface area contributed by atoms with Gasteiger partial charge in [-0.1, -0.05) is 34.6 Å². The van der Waals surface area contributed by atoms with Crippen LogP contribution in [-0.4, -0.2) is 22.1 Å². The van der Waals surface area contributed by atoms with E-state index in [1.807, 2.05) is 19.9 Å². The Morgan fingerprint density at radius 3 is 2.47 bits per heavy atom. The fraction of sp³-hybridized carbons (Fsp3) is 0.667. The molecule has 1 amide bonds. The smallest absolute Gasteiger partial charge is 0.242 e. The summed E-state index contributed by atoms with van der Waals surface area (Å²) in [5.74, 6) is 0.430. The highest BCUT2D eigenvalue weighted by Crippen LogP contribution is 2.21. The standard InChI is InChI=1S/C12H22N4O/c1-7(2)10(13)11(17)14-9-6-8(15-16-9)12(3,4)5/h6-7,10H,13H2,1-5H3,(H2,14,15,16,17). The Morgan fingerprint density at radius 2 is 2.06 bits per heavy atom. The average Bonchev–Trinajstić information content (AvgIpc) is 2.64. The van der Waals surface area contributed by atoms with Crippen molar-refractivity contribution in [2.45, 2.75) is 46.1 Å². The van der Waals surface area contributed by atoms with Gasteiger partial charge in [-0.15, -0.1) is 0 Å². The molecule has 0 aliphatic heterocycles. The molecule has 0 saturated carbocycles. The van der Waals surface area contributed by atoms with Crippen molar-refractivity contribution in [3.8, 4) is 0 Å². The molecule has 0 aromatic carbocycles. The van der Waals surface area contributed by atoms with E-state index in [-0.39, 0.29) is 17.2 Å². The van der Waals surface area contributed by atoms with E-state index in [9.17, 15) is 4.79 Å². The number of carbonyl (C=O) groups is 1. The number of nitrogens with two attached hydrogens (primary N) is 1. The average molecular weight is 238 g/mol. The number of amides is 1. The highest BCUT2D eigenvalue weighted by Gasteiger charge is 2.20. The van der Waals surface area contributed by atoms with Crippen molar-refractivity contribution in [1.82, 2.24) is 10.2 Å². The van der Waals surface area contributed by atoms with E-state index in [2.05, 4.69) is 36.3 Å². The summed E-state index contributed by atoms with van der Waals surface area (Å²) in [7, 11) is 0. The molecule has 1 rings (SSSR count). The van der Waals surface area contributed by atoms with Crippen LogP contribution in [0, 0.1) is 5.92 Å². The van der Waals surface area contributed by atoms with Crippen LogP contribution in [0.25, 0.3) is 0 Å². The van der Waals surface area contributed by atoms with Crippen molar-refractivity contribution in [3.05, 3.63) is 11.8 Å². The molecule has 5 heteroatoms. The van der Waals surface area contributed by atoms with Crippen LogP contribution in [0.15, 0.2) is 6.07 Å². The van der Waals surface area contributed by atoms with Gasteiger partial charge in [0.1, 0.15) is 0 Å². The molecule has 0 bridgehead atoms. The minimum atomic E-state index is -0.509. The molecule has 4 N–H and O–H groups in total. The van der Waals surface area contributed by atoms with Crippen molar-refractivity contribution in [2.24, 2.45) is 11.7 Å². The van der Waals surface area contributed by atoms with Gasteiger partial charge in [0.15, 0.2) is 5.82 Å². The van der Waals surface area contributed by atoms with Crippen molar-refractivity contribution in [3.63, 3.8) is 0 Å².